The second-order valence-corrected chi connectivity index (χ2v) is 7.62. The maximum Gasteiger partial charge on any atom is 0.417 e. The van der Waals surface area contributed by atoms with Crippen LogP contribution in [0, 0.1) is 11.3 Å². The first kappa shape index (κ1) is 28.6. The average Bonchev–Trinajstić information content (AvgIpc) is 3.24. The SMILES string of the molecule is N#Cc1ccc(N(Cc2nc(-c3cc(C(F)(F)F)cc(C(F)(F)F)c3)no2)CC(F)(F)F)cc1C(F)(F)F. The zero-order chi connectivity index (χ0) is 28.7. The van der Waals surface area contributed by atoms with E-state index in [0.717, 1.165) is 6.07 Å². The Morgan fingerprint density at radius 3 is 1.84 bits per heavy atom. The molecule has 0 bridgehead atoms. The summed E-state index contributed by atoms with van der Waals surface area (Å²) in [5.41, 5.74) is -7.37. The van der Waals surface area contributed by atoms with Crippen molar-refractivity contribution in [2.24, 2.45) is 0 Å². The Bertz CT molecular complexity index is 1310. The first-order valence-electron chi connectivity index (χ1n) is 9.83. The minimum Gasteiger partial charge on any atom is -0.353 e. The lowest BCUT2D eigenvalue weighted by Crippen LogP contribution is -2.34. The van der Waals surface area contributed by atoms with Crippen molar-refractivity contribution in [3.8, 4) is 17.5 Å². The lowest BCUT2D eigenvalue weighted by atomic mass is 10.0. The van der Waals surface area contributed by atoms with Crippen molar-refractivity contribution >= 4 is 5.69 Å². The Kier molecular flexibility index (Phi) is 7.32. The highest BCUT2D eigenvalue weighted by atomic mass is 19.4. The van der Waals surface area contributed by atoms with Crippen LogP contribution in [0.5, 0.6) is 0 Å². The summed E-state index contributed by atoms with van der Waals surface area (Å²) in [6, 6.07) is 3.28. The molecular formula is C21H10F12N4O. The highest BCUT2D eigenvalue weighted by Gasteiger charge is 2.38. The predicted molar refractivity (Wildman–Crippen MR) is 103 cm³/mol. The lowest BCUT2D eigenvalue weighted by Gasteiger charge is -2.25. The summed E-state index contributed by atoms with van der Waals surface area (Å²) >= 11 is 0. The molecule has 3 rings (SSSR count). The summed E-state index contributed by atoms with van der Waals surface area (Å²) in [4.78, 5) is 3.82. The molecule has 0 unspecified atom stereocenters. The molecule has 5 nitrogen and oxygen atoms in total. The minimum absolute atomic E-state index is 0.168. The average molecular weight is 562 g/mol. The van der Waals surface area contributed by atoms with Gasteiger partial charge in [0.05, 0.1) is 34.9 Å². The normalized spacial score (nSPS) is 12.9. The summed E-state index contributed by atoms with van der Waals surface area (Å²) in [6.07, 6.45) is -20.5. The van der Waals surface area contributed by atoms with Gasteiger partial charge in [0.1, 0.15) is 6.54 Å². The van der Waals surface area contributed by atoms with E-state index in [1.54, 1.807) is 0 Å². The Morgan fingerprint density at radius 2 is 1.37 bits per heavy atom. The lowest BCUT2D eigenvalue weighted by molar-refractivity contribution is -0.143. The molecule has 0 aliphatic heterocycles. The molecule has 1 aromatic heterocycles. The van der Waals surface area contributed by atoms with E-state index < -0.39 is 83.0 Å². The molecule has 0 aliphatic carbocycles. The molecule has 0 aliphatic rings. The Balaban J connectivity index is 2.03. The van der Waals surface area contributed by atoms with Gasteiger partial charge in [-0.3, -0.25) is 0 Å². The van der Waals surface area contributed by atoms with E-state index in [-0.39, 0.29) is 24.3 Å². The fourth-order valence-corrected chi connectivity index (χ4v) is 3.20. The number of rotatable bonds is 5. The second kappa shape index (κ2) is 9.72. The fraction of sp³-hybridized carbons (Fsp3) is 0.286. The molecule has 2 aromatic carbocycles. The van der Waals surface area contributed by atoms with Crippen LogP contribution >= 0.6 is 0 Å². The van der Waals surface area contributed by atoms with Gasteiger partial charge in [-0.2, -0.15) is 62.9 Å². The van der Waals surface area contributed by atoms with Gasteiger partial charge in [0.15, 0.2) is 0 Å². The molecule has 0 fully saturated rings. The third-order valence-electron chi connectivity index (χ3n) is 4.80. The van der Waals surface area contributed by atoms with Gasteiger partial charge in [-0.1, -0.05) is 5.16 Å². The van der Waals surface area contributed by atoms with Crippen molar-refractivity contribution in [3.63, 3.8) is 0 Å². The van der Waals surface area contributed by atoms with Crippen molar-refractivity contribution in [2.75, 3.05) is 11.4 Å². The van der Waals surface area contributed by atoms with E-state index in [1.807, 2.05) is 0 Å². The fourth-order valence-electron chi connectivity index (χ4n) is 3.20. The number of benzene rings is 2. The largest absolute Gasteiger partial charge is 0.417 e. The van der Waals surface area contributed by atoms with Crippen molar-refractivity contribution in [3.05, 3.63) is 64.5 Å². The molecule has 0 saturated heterocycles. The van der Waals surface area contributed by atoms with E-state index >= 15 is 0 Å². The van der Waals surface area contributed by atoms with Crippen molar-refractivity contribution in [2.45, 2.75) is 31.2 Å². The van der Waals surface area contributed by atoms with E-state index in [9.17, 15) is 52.7 Å². The molecule has 0 radical (unpaired) electrons. The number of alkyl halides is 12. The molecule has 3 aromatic rings. The number of hydrogen-bond donors (Lipinski definition) is 0. The van der Waals surface area contributed by atoms with Crippen LogP contribution < -0.4 is 4.90 Å². The van der Waals surface area contributed by atoms with Gasteiger partial charge in [-0.25, -0.2) is 0 Å². The number of halogens is 12. The van der Waals surface area contributed by atoms with Crippen LogP contribution in [-0.4, -0.2) is 22.9 Å². The summed E-state index contributed by atoms with van der Waals surface area (Å²) in [5, 5.41) is 12.1. The molecule has 204 valence electrons. The van der Waals surface area contributed by atoms with Gasteiger partial charge in [0.2, 0.25) is 11.7 Å². The van der Waals surface area contributed by atoms with Crippen LogP contribution in [0.25, 0.3) is 11.4 Å². The zero-order valence-electron chi connectivity index (χ0n) is 18.1. The van der Waals surface area contributed by atoms with Crippen LogP contribution in [-0.2, 0) is 25.1 Å². The Hall–Kier alpha value is -3.97. The monoisotopic (exact) mass is 562 g/mol. The maximum atomic E-state index is 13.3. The maximum absolute atomic E-state index is 13.3. The quantitative estimate of drug-likeness (QED) is 0.307. The highest BCUT2D eigenvalue weighted by Crippen LogP contribution is 2.39. The summed E-state index contributed by atoms with van der Waals surface area (Å²) in [7, 11) is 0. The molecule has 38 heavy (non-hydrogen) atoms. The van der Waals surface area contributed by atoms with E-state index in [2.05, 4.69) is 14.7 Å². The first-order chi connectivity index (χ1) is 17.3. The summed E-state index contributed by atoms with van der Waals surface area (Å²) < 4.78 is 163. The smallest absolute Gasteiger partial charge is 0.353 e. The van der Waals surface area contributed by atoms with Crippen LogP contribution in [0.4, 0.5) is 58.4 Å². The van der Waals surface area contributed by atoms with Crippen molar-refractivity contribution < 1.29 is 57.2 Å². The number of anilines is 1. The predicted octanol–water partition coefficient (Wildman–Crippen LogP) is 7.23. The second-order valence-electron chi connectivity index (χ2n) is 7.62. The molecular weight excluding hydrogens is 552 g/mol. The third kappa shape index (κ3) is 6.86. The summed E-state index contributed by atoms with van der Waals surface area (Å²) in [6.45, 7) is -2.91. The molecule has 0 N–H and O–H groups in total. The van der Waals surface area contributed by atoms with Crippen LogP contribution in [0.15, 0.2) is 40.9 Å². The third-order valence-corrected chi connectivity index (χ3v) is 4.80. The highest BCUT2D eigenvalue weighted by molar-refractivity contribution is 5.59. The molecule has 0 amide bonds. The Morgan fingerprint density at radius 1 is 0.789 bits per heavy atom. The van der Waals surface area contributed by atoms with Gasteiger partial charge in [0.25, 0.3) is 0 Å². The van der Waals surface area contributed by atoms with E-state index in [4.69, 9.17) is 5.26 Å². The van der Waals surface area contributed by atoms with Crippen LogP contribution in [0.1, 0.15) is 28.1 Å². The van der Waals surface area contributed by atoms with Gasteiger partial charge >= 0.3 is 24.7 Å². The van der Waals surface area contributed by atoms with Crippen LogP contribution in [0.2, 0.25) is 0 Å². The van der Waals surface area contributed by atoms with E-state index in [1.165, 1.54) is 6.07 Å². The minimum atomic E-state index is -5.21. The molecule has 0 atom stereocenters. The molecule has 1 heterocycles. The zero-order valence-corrected chi connectivity index (χ0v) is 18.1. The van der Waals surface area contributed by atoms with E-state index in [0.29, 0.717) is 11.0 Å². The molecule has 0 saturated carbocycles. The van der Waals surface area contributed by atoms with Crippen molar-refractivity contribution in [1.82, 2.24) is 10.1 Å². The van der Waals surface area contributed by atoms with Crippen molar-refractivity contribution in [1.29, 1.82) is 5.26 Å². The van der Waals surface area contributed by atoms with Crippen LogP contribution in [0.3, 0.4) is 0 Å². The standard InChI is InChI=1S/C21H10F12N4O/c22-18(23,24)9-37(14-2-1-10(7-34)15(6-14)21(31,32)33)8-16-35-17(36-38-16)11-3-12(19(25,26)27)5-13(4-11)20(28,29)30/h1-6H,8-9H2. The number of nitriles is 1. The van der Waals surface area contributed by atoms with Gasteiger partial charge in [0, 0.05) is 11.3 Å². The molecule has 17 heteroatoms. The van der Waals surface area contributed by atoms with Gasteiger partial charge in [-0.15, -0.1) is 0 Å². The first-order valence-corrected chi connectivity index (χ1v) is 9.83. The van der Waals surface area contributed by atoms with Gasteiger partial charge in [-0.05, 0) is 36.4 Å². The van der Waals surface area contributed by atoms with Gasteiger partial charge < -0.3 is 9.42 Å². The molecule has 0 spiro atoms. The summed E-state index contributed by atoms with van der Waals surface area (Å²) in [5.74, 6) is -1.62. The number of nitrogens with zero attached hydrogens (tertiary/aromatic N) is 4. The topological polar surface area (TPSA) is 66.0 Å². The Labute approximate surface area is 203 Å². The number of hydrogen-bond acceptors (Lipinski definition) is 5. The number of aromatic nitrogens is 2.